The fourth-order valence-electron chi connectivity index (χ4n) is 0.773. The van der Waals surface area contributed by atoms with Gasteiger partial charge in [-0.2, -0.15) is 0 Å². The second-order valence-electron chi connectivity index (χ2n) is 2.67. The Morgan fingerprint density at radius 1 is 1.08 bits per heavy atom. The Morgan fingerprint density at radius 3 is 1.69 bits per heavy atom. The molecule has 2 unspecified atom stereocenters. The van der Waals surface area contributed by atoms with E-state index < -0.39 is 25.4 Å². The molecule has 0 aliphatic carbocycles. The molecule has 13 heavy (non-hydrogen) atoms. The van der Waals surface area contributed by atoms with E-state index in [2.05, 4.69) is 0 Å². The van der Waals surface area contributed by atoms with E-state index in [1.807, 2.05) is 0 Å². The third-order valence-electron chi connectivity index (χ3n) is 1.41. The molecule has 0 aromatic heterocycles. The number of carbonyl (C=O) groups excluding carboxylic acids is 1. The van der Waals surface area contributed by atoms with Gasteiger partial charge in [0, 0.05) is 13.1 Å². The van der Waals surface area contributed by atoms with Crippen LogP contribution in [0.3, 0.4) is 0 Å². The molecule has 0 aromatic rings. The number of rotatable bonds is 7. The zero-order valence-electron chi connectivity index (χ0n) is 7.13. The molecule has 0 saturated carbocycles. The molecule has 0 spiro atoms. The second kappa shape index (κ2) is 6.79. The molecule has 0 aliphatic heterocycles. The van der Waals surface area contributed by atoms with Gasteiger partial charge in [-0.05, 0) is 0 Å². The topological polar surface area (TPSA) is 101 Å². The first kappa shape index (κ1) is 12.3. The summed E-state index contributed by atoms with van der Waals surface area (Å²) in [5.41, 5.74) is 0. The van der Waals surface area contributed by atoms with E-state index in [-0.39, 0.29) is 13.1 Å². The minimum absolute atomic E-state index is 0.114. The summed E-state index contributed by atoms with van der Waals surface area (Å²) in [5.74, 6) is 0. The first-order valence-corrected chi connectivity index (χ1v) is 3.84. The third-order valence-corrected chi connectivity index (χ3v) is 1.41. The summed E-state index contributed by atoms with van der Waals surface area (Å²) >= 11 is 0. The first-order valence-electron chi connectivity index (χ1n) is 3.84. The molecule has 0 bridgehead atoms. The molecule has 0 saturated heterocycles. The fourth-order valence-corrected chi connectivity index (χ4v) is 0.773. The van der Waals surface area contributed by atoms with Crippen molar-refractivity contribution in [3.05, 3.63) is 0 Å². The lowest BCUT2D eigenvalue weighted by Gasteiger charge is -2.20. The molecule has 0 fully saturated rings. The van der Waals surface area contributed by atoms with Crippen LogP contribution < -0.4 is 0 Å². The van der Waals surface area contributed by atoms with Gasteiger partial charge >= 0.3 is 6.41 Å². The Bertz CT molecular complexity index is 131. The monoisotopic (exact) mass is 192 g/mol. The van der Waals surface area contributed by atoms with Gasteiger partial charge in [0.1, 0.15) is 0 Å². The van der Waals surface area contributed by atoms with Crippen molar-refractivity contribution in [2.45, 2.75) is 12.2 Å². The summed E-state index contributed by atoms with van der Waals surface area (Å²) in [6.45, 7) is -1.16. The maximum absolute atomic E-state index is 10.2. The van der Waals surface area contributed by atoms with Gasteiger partial charge in [-0.3, -0.25) is 4.79 Å². The van der Waals surface area contributed by atoms with E-state index in [4.69, 9.17) is 20.4 Å². The van der Waals surface area contributed by atoms with Crippen molar-refractivity contribution in [3.63, 3.8) is 0 Å². The highest BCUT2D eigenvalue weighted by atomic mass is 16.3. The molecule has 6 nitrogen and oxygen atoms in total. The molecule has 1 amide bonds. The van der Waals surface area contributed by atoms with Crippen LogP contribution in [0, 0.1) is 0 Å². The zero-order chi connectivity index (χ0) is 10.3. The molecule has 4 N–H and O–H groups in total. The van der Waals surface area contributed by atoms with Crippen LogP contribution in [0.25, 0.3) is 0 Å². The molecule has 2 atom stereocenters. The van der Waals surface area contributed by atoms with Gasteiger partial charge < -0.3 is 25.3 Å². The van der Waals surface area contributed by atoms with E-state index in [9.17, 15) is 4.79 Å². The third kappa shape index (κ3) is 5.53. The van der Waals surface area contributed by atoms with Gasteiger partial charge in [0.05, 0.1) is 25.4 Å². The van der Waals surface area contributed by atoms with Crippen molar-refractivity contribution < 1.29 is 25.2 Å². The summed E-state index contributed by atoms with van der Waals surface area (Å²) in [7, 11) is 0. The van der Waals surface area contributed by atoms with Crippen LogP contribution in [0.5, 0.6) is 0 Å². The second-order valence-corrected chi connectivity index (χ2v) is 2.67. The number of hydrogen-bond donors (Lipinski definition) is 4. The van der Waals surface area contributed by atoms with Gasteiger partial charge in [-0.1, -0.05) is 0 Å². The molecule has 77 valence electrons. The normalized spacial score (nSPS) is 15.1. The van der Waals surface area contributed by atoms with Crippen LogP contribution in [0.15, 0.2) is 0 Å². The highest BCUT2D eigenvalue weighted by molar-refractivity contribution is 5.48. The van der Waals surface area contributed by atoms with Gasteiger partial charge in [-0.25, -0.2) is 0 Å². The predicted molar refractivity (Wildman–Crippen MR) is 43.5 cm³/mol. The van der Waals surface area contributed by atoms with Crippen molar-refractivity contribution >= 4 is 6.41 Å². The van der Waals surface area contributed by atoms with E-state index in [1.165, 1.54) is 6.41 Å². The fraction of sp³-hybridized carbons (Fsp3) is 0.857. The SMILES string of the molecule is O=[C]N(CC(O)CO)CC(O)CO. The standard InChI is InChI=1S/C7H14NO5/c9-3-6(12)1-8(5-11)2-7(13)4-10/h6-7,9-10,12-13H,1-4H2. The van der Waals surface area contributed by atoms with Gasteiger partial charge in [-0.15, -0.1) is 0 Å². The summed E-state index contributed by atoms with van der Waals surface area (Å²) in [6.07, 6.45) is -0.624. The van der Waals surface area contributed by atoms with Gasteiger partial charge in [0.25, 0.3) is 0 Å². The van der Waals surface area contributed by atoms with Crippen LogP contribution in [-0.2, 0) is 4.79 Å². The van der Waals surface area contributed by atoms with Gasteiger partial charge in [0.2, 0.25) is 0 Å². The molecule has 0 aliphatic rings. The van der Waals surface area contributed by atoms with Crippen molar-refractivity contribution in [3.8, 4) is 0 Å². The summed E-state index contributed by atoms with van der Waals surface area (Å²) in [5, 5.41) is 34.8. The maximum atomic E-state index is 10.2. The Morgan fingerprint density at radius 2 is 1.46 bits per heavy atom. The van der Waals surface area contributed by atoms with E-state index >= 15 is 0 Å². The largest absolute Gasteiger partial charge is 0.394 e. The summed E-state index contributed by atoms with van der Waals surface area (Å²) in [4.78, 5) is 11.2. The van der Waals surface area contributed by atoms with E-state index in [0.29, 0.717) is 0 Å². The lowest BCUT2D eigenvalue weighted by atomic mass is 10.3. The Balaban J connectivity index is 3.81. The average Bonchev–Trinajstić information content (AvgIpc) is 2.16. The molecular weight excluding hydrogens is 178 g/mol. The Hall–Kier alpha value is -0.690. The summed E-state index contributed by atoms with van der Waals surface area (Å²) in [6, 6.07) is 0. The van der Waals surface area contributed by atoms with Crippen LogP contribution in [0.1, 0.15) is 0 Å². The van der Waals surface area contributed by atoms with Gasteiger partial charge in [0.15, 0.2) is 0 Å². The lowest BCUT2D eigenvalue weighted by molar-refractivity contribution is 0.0450. The maximum Gasteiger partial charge on any atom is 0.312 e. The number of aliphatic hydroxyl groups is 4. The number of hydrogen-bond acceptors (Lipinski definition) is 5. The number of amides is 1. The van der Waals surface area contributed by atoms with Crippen LogP contribution in [0.4, 0.5) is 0 Å². The average molecular weight is 192 g/mol. The quantitative estimate of drug-likeness (QED) is 0.323. The molecule has 0 rings (SSSR count). The van der Waals surface area contributed by atoms with E-state index in [0.717, 1.165) is 4.90 Å². The summed E-state index contributed by atoms with van der Waals surface area (Å²) < 4.78 is 0. The molecule has 0 aromatic carbocycles. The van der Waals surface area contributed by atoms with Crippen molar-refractivity contribution in [1.82, 2.24) is 4.90 Å². The lowest BCUT2D eigenvalue weighted by Crippen LogP contribution is -2.39. The first-order chi connectivity index (χ1) is 6.13. The number of nitrogens with zero attached hydrogens (tertiary/aromatic N) is 1. The van der Waals surface area contributed by atoms with Crippen molar-refractivity contribution in [2.24, 2.45) is 0 Å². The molecule has 6 heteroatoms. The molecular formula is C7H14NO5. The minimum atomic E-state index is -1.05. The Kier molecular flexibility index (Phi) is 6.43. The highest BCUT2D eigenvalue weighted by Crippen LogP contribution is 1.92. The smallest absolute Gasteiger partial charge is 0.312 e. The van der Waals surface area contributed by atoms with Crippen LogP contribution in [-0.4, -0.2) is 70.2 Å². The highest BCUT2D eigenvalue weighted by Gasteiger charge is 2.13. The minimum Gasteiger partial charge on any atom is -0.394 e. The van der Waals surface area contributed by atoms with Crippen LogP contribution >= 0.6 is 0 Å². The number of aliphatic hydroxyl groups excluding tert-OH is 4. The molecule has 0 heterocycles. The van der Waals surface area contributed by atoms with Crippen molar-refractivity contribution in [1.29, 1.82) is 0 Å². The molecule has 1 radical (unpaired) electrons. The van der Waals surface area contributed by atoms with E-state index in [1.54, 1.807) is 0 Å². The zero-order valence-corrected chi connectivity index (χ0v) is 7.13. The Labute approximate surface area is 76.0 Å². The van der Waals surface area contributed by atoms with Crippen molar-refractivity contribution in [2.75, 3.05) is 26.3 Å². The van der Waals surface area contributed by atoms with Crippen LogP contribution in [0.2, 0.25) is 0 Å². The predicted octanol–water partition coefficient (Wildman–Crippen LogP) is -2.94.